The van der Waals surface area contributed by atoms with Crippen LogP contribution < -0.4 is 0 Å². The van der Waals surface area contributed by atoms with E-state index < -0.39 is 0 Å². The van der Waals surface area contributed by atoms with Crippen LogP contribution in [0.3, 0.4) is 0 Å². The molecule has 0 aromatic carbocycles. The fraction of sp³-hybridized carbons (Fsp3) is 0.846. The van der Waals surface area contributed by atoms with Crippen LogP contribution in [0.2, 0.25) is 0 Å². The lowest BCUT2D eigenvalue weighted by molar-refractivity contribution is 0.243. The summed E-state index contributed by atoms with van der Waals surface area (Å²) in [6.45, 7) is 2.60. The molecule has 1 nitrogen and oxygen atoms in total. The molecule has 1 heterocycles. The molecule has 0 bridgehead atoms. The summed E-state index contributed by atoms with van der Waals surface area (Å²) in [7, 11) is 2.24. The minimum absolute atomic E-state index is 0.902. The van der Waals surface area contributed by atoms with Gasteiger partial charge < -0.3 is 4.90 Å². The predicted octanol–water partition coefficient (Wildman–Crippen LogP) is 3.22. The van der Waals surface area contributed by atoms with Crippen molar-refractivity contribution in [3.8, 4) is 0 Å². The highest BCUT2D eigenvalue weighted by Crippen LogP contribution is 2.27. The maximum Gasteiger partial charge on any atom is -0.00162 e. The van der Waals surface area contributed by atoms with Gasteiger partial charge in [0.15, 0.2) is 0 Å². The average Bonchev–Trinajstić information content (AvgIpc) is 2.23. The number of hydrogen-bond acceptors (Lipinski definition) is 1. The van der Waals surface area contributed by atoms with Gasteiger partial charge in [-0.2, -0.15) is 0 Å². The number of nitrogens with zero attached hydrogens (tertiary/aromatic N) is 1. The minimum Gasteiger partial charge on any atom is -0.306 e. The Bertz CT molecular complexity index is 191. The van der Waals surface area contributed by atoms with E-state index in [1.54, 1.807) is 5.57 Å². The second-order valence-electron chi connectivity index (χ2n) is 5.03. The first-order valence-electron chi connectivity index (χ1n) is 6.23. The van der Waals surface area contributed by atoms with E-state index in [1.807, 2.05) is 0 Å². The van der Waals surface area contributed by atoms with Gasteiger partial charge in [0, 0.05) is 0 Å². The quantitative estimate of drug-likeness (QED) is 0.578. The fourth-order valence-electron chi connectivity index (χ4n) is 2.70. The van der Waals surface area contributed by atoms with E-state index in [0.29, 0.717) is 0 Å². The van der Waals surface area contributed by atoms with Crippen molar-refractivity contribution >= 4 is 0 Å². The molecule has 1 saturated carbocycles. The molecule has 1 saturated heterocycles. The molecule has 0 N–H and O–H groups in total. The third-order valence-electron chi connectivity index (χ3n) is 3.73. The van der Waals surface area contributed by atoms with Crippen molar-refractivity contribution in [3.05, 3.63) is 11.6 Å². The van der Waals surface area contributed by atoms with E-state index in [9.17, 15) is 0 Å². The van der Waals surface area contributed by atoms with Crippen LogP contribution in [0.4, 0.5) is 0 Å². The van der Waals surface area contributed by atoms with Crippen LogP contribution in [0.15, 0.2) is 11.6 Å². The summed E-state index contributed by atoms with van der Waals surface area (Å²) in [4.78, 5) is 2.45. The highest BCUT2D eigenvalue weighted by molar-refractivity contribution is 5.07. The monoisotopic (exact) mass is 193 g/mol. The van der Waals surface area contributed by atoms with Gasteiger partial charge in [-0.25, -0.2) is 0 Å². The van der Waals surface area contributed by atoms with E-state index in [-0.39, 0.29) is 0 Å². The molecule has 0 spiro atoms. The van der Waals surface area contributed by atoms with Crippen molar-refractivity contribution in [2.75, 3.05) is 20.1 Å². The molecule has 14 heavy (non-hydrogen) atoms. The Hall–Kier alpha value is -0.300. The van der Waals surface area contributed by atoms with Gasteiger partial charge in [-0.05, 0) is 64.6 Å². The van der Waals surface area contributed by atoms with Crippen LogP contribution in [-0.4, -0.2) is 25.0 Å². The summed E-state index contributed by atoms with van der Waals surface area (Å²) in [6, 6.07) is 0. The Morgan fingerprint density at radius 2 is 1.71 bits per heavy atom. The number of likely N-dealkylation sites (tertiary alicyclic amines) is 1. The van der Waals surface area contributed by atoms with E-state index in [2.05, 4.69) is 18.0 Å². The van der Waals surface area contributed by atoms with E-state index in [1.165, 1.54) is 58.0 Å². The highest BCUT2D eigenvalue weighted by Gasteiger charge is 2.15. The van der Waals surface area contributed by atoms with E-state index >= 15 is 0 Å². The van der Waals surface area contributed by atoms with Crippen LogP contribution in [0.25, 0.3) is 0 Å². The maximum atomic E-state index is 2.62. The third-order valence-corrected chi connectivity index (χ3v) is 3.73. The van der Waals surface area contributed by atoms with Gasteiger partial charge in [-0.1, -0.05) is 18.1 Å². The normalized spacial score (nSPS) is 26.5. The van der Waals surface area contributed by atoms with Crippen molar-refractivity contribution in [2.24, 2.45) is 5.92 Å². The molecule has 0 atom stereocenters. The molecule has 2 aliphatic rings. The van der Waals surface area contributed by atoms with Gasteiger partial charge in [-0.3, -0.25) is 0 Å². The second-order valence-corrected chi connectivity index (χ2v) is 5.03. The summed E-state index contributed by atoms with van der Waals surface area (Å²) in [5.74, 6) is 0.902. The van der Waals surface area contributed by atoms with Gasteiger partial charge in [0.25, 0.3) is 0 Å². The molecule has 0 amide bonds. The molecule has 0 aromatic rings. The summed E-state index contributed by atoms with van der Waals surface area (Å²) >= 11 is 0. The van der Waals surface area contributed by atoms with Crippen LogP contribution in [0.1, 0.15) is 44.9 Å². The largest absolute Gasteiger partial charge is 0.306 e. The van der Waals surface area contributed by atoms with Crippen LogP contribution in [0.5, 0.6) is 0 Å². The lowest BCUT2D eigenvalue weighted by Crippen LogP contribution is -2.29. The zero-order chi connectivity index (χ0) is 9.80. The molecule has 0 radical (unpaired) electrons. The lowest BCUT2D eigenvalue weighted by atomic mass is 9.88. The number of allylic oxidation sites excluding steroid dienone is 2. The summed E-state index contributed by atoms with van der Waals surface area (Å²) in [5, 5.41) is 0. The van der Waals surface area contributed by atoms with Gasteiger partial charge in [-0.15, -0.1) is 0 Å². The third kappa shape index (κ3) is 2.84. The highest BCUT2D eigenvalue weighted by atomic mass is 15.1. The summed E-state index contributed by atoms with van der Waals surface area (Å²) in [5.41, 5.74) is 1.77. The zero-order valence-corrected chi connectivity index (χ0v) is 9.47. The van der Waals surface area contributed by atoms with Crippen molar-refractivity contribution in [1.29, 1.82) is 0 Å². The molecular formula is C13H23N. The van der Waals surface area contributed by atoms with Crippen molar-refractivity contribution in [3.63, 3.8) is 0 Å². The minimum atomic E-state index is 0.902. The Kier molecular flexibility index (Phi) is 3.63. The second kappa shape index (κ2) is 4.97. The molecule has 2 fully saturated rings. The summed E-state index contributed by atoms with van der Waals surface area (Å²) in [6.07, 6.45) is 12.5. The first kappa shape index (κ1) is 10.2. The molecule has 1 heteroatoms. The Balaban J connectivity index is 1.83. The number of rotatable bonds is 1. The van der Waals surface area contributed by atoms with E-state index in [4.69, 9.17) is 0 Å². The van der Waals surface area contributed by atoms with Gasteiger partial charge >= 0.3 is 0 Å². The molecule has 2 rings (SSSR count). The van der Waals surface area contributed by atoms with E-state index in [0.717, 1.165) is 5.92 Å². The fourth-order valence-corrected chi connectivity index (χ4v) is 2.70. The van der Waals surface area contributed by atoms with Crippen molar-refractivity contribution < 1.29 is 0 Å². The average molecular weight is 193 g/mol. The maximum absolute atomic E-state index is 2.62. The predicted molar refractivity (Wildman–Crippen MR) is 61.4 cm³/mol. The topological polar surface area (TPSA) is 3.24 Å². The van der Waals surface area contributed by atoms with Crippen molar-refractivity contribution in [1.82, 2.24) is 4.90 Å². The summed E-state index contributed by atoms with van der Waals surface area (Å²) < 4.78 is 0. The Labute approximate surface area is 88.2 Å². The number of piperidine rings is 1. The SMILES string of the molecule is CN1CCC(C=C2CCCCC2)CC1. The number of hydrogen-bond donors (Lipinski definition) is 0. The van der Waals surface area contributed by atoms with Gasteiger partial charge in [0.1, 0.15) is 0 Å². The molecule has 1 aliphatic carbocycles. The Morgan fingerprint density at radius 3 is 2.36 bits per heavy atom. The lowest BCUT2D eigenvalue weighted by Gasteiger charge is -2.28. The van der Waals surface area contributed by atoms with Gasteiger partial charge in [0.05, 0.1) is 0 Å². The molecule has 80 valence electrons. The first-order valence-corrected chi connectivity index (χ1v) is 6.23. The Morgan fingerprint density at radius 1 is 1.07 bits per heavy atom. The first-order chi connectivity index (χ1) is 6.84. The van der Waals surface area contributed by atoms with Crippen LogP contribution >= 0.6 is 0 Å². The molecule has 0 unspecified atom stereocenters. The molecule has 1 aliphatic heterocycles. The van der Waals surface area contributed by atoms with Crippen molar-refractivity contribution in [2.45, 2.75) is 44.9 Å². The molecular weight excluding hydrogens is 170 g/mol. The molecule has 0 aromatic heterocycles. The standard InChI is InChI=1S/C13H23N/c1-14-9-7-13(8-10-14)11-12-5-3-2-4-6-12/h11,13H,2-10H2,1H3. The van der Waals surface area contributed by atoms with Crippen LogP contribution in [0, 0.1) is 5.92 Å². The smallest absolute Gasteiger partial charge is 0.00162 e. The zero-order valence-electron chi connectivity index (χ0n) is 9.47. The van der Waals surface area contributed by atoms with Gasteiger partial charge in [0.2, 0.25) is 0 Å². The van der Waals surface area contributed by atoms with Crippen LogP contribution in [-0.2, 0) is 0 Å².